The lowest BCUT2D eigenvalue weighted by atomic mass is 10.0. The monoisotopic (exact) mass is 481 g/mol. The van der Waals surface area contributed by atoms with Gasteiger partial charge in [0.05, 0.1) is 12.8 Å². The summed E-state index contributed by atoms with van der Waals surface area (Å²) in [6, 6.07) is 12.1. The lowest BCUT2D eigenvalue weighted by Gasteiger charge is -2.32. The van der Waals surface area contributed by atoms with Crippen LogP contribution in [-0.2, 0) is 9.59 Å². The van der Waals surface area contributed by atoms with Gasteiger partial charge in [0.2, 0.25) is 11.8 Å². The molecule has 0 aliphatic heterocycles. The van der Waals surface area contributed by atoms with Gasteiger partial charge < -0.3 is 15.1 Å². The number of nitrogens with zero attached hydrogens (tertiary/aromatic N) is 1. The van der Waals surface area contributed by atoms with Crippen molar-refractivity contribution in [3.63, 3.8) is 0 Å². The molecule has 1 unspecified atom stereocenters. The van der Waals surface area contributed by atoms with Crippen LogP contribution in [0, 0.1) is 11.6 Å². The molecular weight excluding hydrogens is 456 g/mol. The van der Waals surface area contributed by atoms with Gasteiger partial charge in [-0.1, -0.05) is 31.0 Å². The highest BCUT2D eigenvalue weighted by atomic mass is 19.1. The number of hydrogen-bond donors (Lipinski definition) is 2. The zero-order chi connectivity index (χ0) is 24.8. The molecule has 4 rings (SSSR count). The third-order valence-corrected chi connectivity index (χ3v) is 5.93. The highest BCUT2D eigenvalue weighted by Crippen LogP contribution is 2.31. The minimum Gasteiger partial charge on any atom is -0.459 e. The summed E-state index contributed by atoms with van der Waals surface area (Å²) in [5, 5.41) is 5.39. The van der Waals surface area contributed by atoms with Crippen LogP contribution in [0.2, 0.25) is 0 Å². The normalized spacial score (nSPS) is 14.3. The van der Waals surface area contributed by atoms with Crippen molar-refractivity contribution in [2.45, 2.75) is 37.8 Å². The van der Waals surface area contributed by atoms with Crippen LogP contribution in [0.25, 0.3) is 0 Å². The Hall–Kier alpha value is -4.01. The summed E-state index contributed by atoms with van der Waals surface area (Å²) >= 11 is 0. The summed E-state index contributed by atoms with van der Waals surface area (Å²) in [4.78, 5) is 40.4. The first-order valence-electron chi connectivity index (χ1n) is 11.4. The predicted octanol–water partition coefficient (Wildman–Crippen LogP) is 4.12. The summed E-state index contributed by atoms with van der Waals surface area (Å²) in [5.74, 6) is -3.07. The fourth-order valence-electron chi connectivity index (χ4n) is 4.22. The molecule has 1 aromatic heterocycles. The molecule has 1 atom stereocenters. The van der Waals surface area contributed by atoms with Gasteiger partial charge in [0.1, 0.15) is 17.7 Å². The Bertz CT molecular complexity index is 1180. The Morgan fingerprint density at radius 1 is 0.971 bits per heavy atom. The quantitative estimate of drug-likeness (QED) is 0.506. The Balaban J connectivity index is 1.69. The number of rotatable bonds is 8. The first-order chi connectivity index (χ1) is 16.9. The molecule has 1 saturated carbocycles. The van der Waals surface area contributed by atoms with Gasteiger partial charge in [-0.2, -0.15) is 0 Å². The number of benzene rings is 2. The third kappa shape index (κ3) is 5.74. The second-order valence-corrected chi connectivity index (χ2v) is 8.31. The van der Waals surface area contributed by atoms with Crippen molar-refractivity contribution in [3.8, 4) is 0 Å². The molecule has 0 bridgehead atoms. The average Bonchev–Trinajstić information content (AvgIpc) is 3.57. The number of anilines is 1. The Kier molecular flexibility index (Phi) is 7.54. The van der Waals surface area contributed by atoms with Gasteiger partial charge in [-0.25, -0.2) is 8.78 Å². The standard InChI is InChI=1S/C26H25F2N3O4/c27-17-11-13-19(14-12-17)31(23(32)16-29-25(33)22-10-5-15-35-22)24(20-8-3-4-9-21(20)28)26(34)30-18-6-1-2-7-18/h3-5,8-15,18,24H,1-2,6-7,16H2,(H,29,33)(H,30,34). The molecule has 1 fully saturated rings. The third-order valence-electron chi connectivity index (χ3n) is 5.93. The van der Waals surface area contributed by atoms with E-state index in [0.29, 0.717) is 0 Å². The van der Waals surface area contributed by atoms with E-state index in [1.807, 2.05) is 0 Å². The van der Waals surface area contributed by atoms with Gasteiger partial charge in [0.15, 0.2) is 5.76 Å². The molecule has 1 aliphatic carbocycles. The molecular formula is C26H25F2N3O4. The van der Waals surface area contributed by atoms with E-state index in [9.17, 15) is 23.2 Å². The zero-order valence-corrected chi connectivity index (χ0v) is 18.9. The maximum Gasteiger partial charge on any atom is 0.287 e. The fourth-order valence-corrected chi connectivity index (χ4v) is 4.22. The summed E-state index contributed by atoms with van der Waals surface area (Å²) in [5.41, 5.74) is 0.163. The highest BCUT2D eigenvalue weighted by molar-refractivity contribution is 6.04. The van der Waals surface area contributed by atoms with E-state index < -0.39 is 41.9 Å². The van der Waals surface area contributed by atoms with Gasteiger partial charge >= 0.3 is 0 Å². The number of halogens is 2. The largest absolute Gasteiger partial charge is 0.459 e. The first kappa shape index (κ1) is 24.1. The number of carbonyl (C=O) groups is 3. The maximum absolute atomic E-state index is 15.0. The molecule has 7 nitrogen and oxygen atoms in total. The number of hydrogen-bond acceptors (Lipinski definition) is 4. The van der Waals surface area contributed by atoms with Crippen LogP contribution in [0.4, 0.5) is 14.5 Å². The van der Waals surface area contributed by atoms with Crippen molar-refractivity contribution in [1.82, 2.24) is 10.6 Å². The number of carbonyl (C=O) groups excluding carboxylic acids is 3. The van der Waals surface area contributed by atoms with E-state index in [2.05, 4.69) is 10.6 Å². The summed E-state index contributed by atoms with van der Waals surface area (Å²) < 4.78 is 33.7. The van der Waals surface area contributed by atoms with Crippen LogP contribution in [0.3, 0.4) is 0 Å². The molecule has 35 heavy (non-hydrogen) atoms. The van der Waals surface area contributed by atoms with Gasteiger partial charge in [0, 0.05) is 17.3 Å². The van der Waals surface area contributed by atoms with Crippen LogP contribution in [-0.4, -0.2) is 30.3 Å². The zero-order valence-electron chi connectivity index (χ0n) is 18.9. The Morgan fingerprint density at radius 2 is 1.69 bits per heavy atom. The molecule has 182 valence electrons. The van der Waals surface area contributed by atoms with E-state index in [4.69, 9.17) is 4.42 Å². The van der Waals surface area contributed by atoms with Gasteiger partial charge in [-0.15, -0.1) is 0 Å². The van der Waals surface area contributed by atoms with Crippen molar-refractivity contribution < 1.29 is 27.6 Å². The molecule has 1 aliphatic rings. The van der Waals surface area contributed by atoms with E-state index >= 15 is 0 Å². The van der Waals surface area contributed by atoms with Crippen molar-refractivity contribution >= 4 is 23.4 Å². The van der Waals surface area contributed by atoms with Gasteiger partial charge in [0.25, 0.3) is 5.91 Å². The van der Waals surface area contributed by atoms with Crippen molar-refractivity contribution in [2.75, 3.05) is 11.4 Å². The second kappa shape index (κ2) is 10.9. The topological polar surface area (TPSA) is 91.7 Å². The number of nitrogens with one attached hydrogen (secondary N) is 2. The molecule has 9 heteroatoms. The van der Waals surface area contributed by atoms with E-state index in [1.54, 1.807) is 6.07 Å². The minimum atomic E-state index is -1.38. The predicted molar refractivity (Wildman–Crippen MR) is 124 cm³/mol. The molecule has 2 N–H and O–H groups in total. The van der Waals surface area contributed by atoms with Crippen molar-refractivity contribution in [1.29, 1.82) is 0 Å². The van der Waals surface area contributed by atoms with E-state index in [0.717, 1.165) is 42.7 Å². The minimum absolute atomic E-state index is 0.00997. The average molecular weight is 481 g/mol. The first-order valence-corrected chi connectivity index (χ1v) is 11.4. The fraction of sp³-hybridized carbons (Fsp3) is 0.269. The smallest absolute Gasteiger partial charge is 0.287 e. The lowest BCUT2D eigenvalue weighted by molar-refractivity contribution is -0.126. The summed E-state index contributed by atoms with van der Waals surface area (Å²) in [6.45, 7) is -0.501. The van der Waals surface area contributed by atoms with Crippen LogP contribution in [0.1, 0.15) is 47.8 Å². The van der Waals surface area contributed by atoms with Gasteiger partial charge in [-0.05, 0) is 55.3 Å². The molecule has 1 heterocycles. The molecule has 0 saturated heterocycles. The number of furan rings is 1. The van der Waals surface area contributed by atoms with Crippen molar-refractivity contribution in [2.24, 2.45) is 0 Å². The van der Waals surface area contributed by atoms with E-state index in [1.165, 1.54) is 48.7 Å². The van der Waals surface area contributed by atoms with Crippen LogP contribution < -0.4 is 15.5 Å². The Morgan fingerprint density at radius 3 is 2.34 bits per heavy atom. The Labute approximate surface area is 201 Å². The van der Waals surface area contributed by atoms with Gasteiger partial charge in [-0.3, -0.25) is 19.3 Å². The molecule has 3 aromatic rings. The SMILES string of the molecule is O=C(NCC(=O)N(c1ccc(F)cc1)C(C(=O)NC1CCCC1)c1ccccc1F)c1ccco1. The van der Waals surface area contributed by atoms with Crippen LogP contribution in [0.15, 0.2) is 71.3 Å². The molecule has 2 aromatic carbocycles. The number of amides is 3. The maximum atomic E-state index is 15.0. The highest BCUT2D eigenvalue weighted by Gasteiger charge is 2.36. The second-order valence-electron chi connectivity index (χ2n) is 8.31. The lowest BCUT2D eigenvalue weighted by Crippen LogP contribution is -2.49. The summed E-state index contributed by atoms with van der Waals surface area (Å²) in [6.07, 6.45) is 4.84. The van der Waals surface area contributed by atoms with Crippen LogP contribution >= 0.6 is 0 Å². The molecule has 0 spiro atoms. The summed E-state index contributed by atoms with van der Waals surface area (Å²) in [7, 11) is 0. The molecule has 0 radical (unpaired) electrons. The van der Waals surface area contributed by atoms with Crippen molar-refractivity contribution in [3.05, 3.63) is 89.9 Å². The van der Waals surface area contributed by atoms with E-state index in [-0.39, 0.29) is 23.1 Å². The molecule has 3 amide bonds. The van der Waals surface area contributed by atoms with Crippen LogP contribution in [0.5, 0.6) is 0 Å².